The Labute approximate surface area is 228 Å². The van der Waals surface area contributed by atoms with Crippen molar-refractivity contribution in [3.8, 4) is 0 Å². The highest BCUT2D eigenvalue weighted by molar-refractivity contribution is 7.89. The lowest BCUT2D eigenvalue weighted by molar-refractivity contribution is -0.122. The number of carbonyl (C=O) groups excluding carboxylic acids is 2. The lowest BCUT2D eigenvalue weighted by atomic mass is 10.0. The Morgan fingerprint density at radius 3 is 2.16 bits per heavy atom. The molecule has 2 heterocycles. The first-order chi connectivity index (χ1) is 18.2. The van der Waals surface area contributed by atoms with Gasteiger partial charge in [0.15, 0.2) is 0 Å². The summed E-state index contributed by atoms with van der Waals surface area (Å²) >= 11 is 5.99. The van der Waals surface area contributed by atoms with Gasteiger partial charge >= 0.3 is 0 Å². The maximum absolute atomic E-state index is 14.1. The predicted octanol–water partition coefficient (Wildman–Crippen LogP) is 4.64. The van der Waals surface area contributed by atoms with Crippen molar-refractivity contribution in [1.82, 2.24) is 9.21 Å². The van der Waals surface area contributed by atoms with E-state index < -0.39 is 33.9 Å². The molecular weight excluding hydrogens is 522 g/mol. The molecule has 198 valence electrons. The third kappa shape index (κ3) is 5.40. The third-order valence-electron chi connectivity index (χ3n) is 7.28. The topological polar surface area (TPSA) is 78.0 Å². The number of rotatable bonds is 7. The standard InChI is InChI=1S/C29H30ClN3O4S/c1-21-7-13-26(14-8-21)38(36,37)33(25-15-17-31(18-16-25)20-22-5-3-2-4-6-22)27-19-28(34)32(29(27)35)24-11-9-23(30)10-12-24/h2-14,25,27H,15-20H2,1H3. The van der Waals surface area contributed by atoms with Crippen LogP contribution in [0.25, 0.3) is 0 Å². The minimum Gasteiger partial charge on any atom is -0.299 e. The summed E-state index contributed by atoms with van der Waals surface area (Å²) in [5.41, 5.74) is 2.52. The first kappa shape index (κ1) is 26.6. The number of likely N-dealkylation sites (tertiary alicyclic amines) is 1. The van der Waals surface area contributed by atoms with Gasteiger partial charge in [-0.15, -0.1) is 0 Å². The van der Waals surface area contributed by atoms with Gasteiger partial charge in [0, 0.05) is 30.7 Å². The second-order valence-corrected chi connectivity index (χ2v) is 12.2. The van der Waals surface area contributed by atoms with Crippen LogP contribution in [0.2, 0.25) is 5.02 Å². The molecule has 9 heteroatoms. The molecule has 1 unspecified atom stereocenters. The van der Waals surface area contributed by atoms with Gasteiger partial charge in [-0.2, -0.15) is 4.31 Å². The van der Waals surface area contributed by atoms with Crippen LogP contribution in [0, 0.1) is 6.92 Å². The summed E-state index contributed by atoms with van der Waals surface area (Å²) < 4.78 is 29.4. The quantitative estimate of drug-likeness (QED) is 0.400. The summed E-state index contributed by atoms with van der Waals surface area (Å²) in [6.07, 6.45) is 0.935. The van der Waals surface area contributed by atoms with E-state index in [2.05, 4.69) is 17.0 Å². The zero-order chi connectivity index (χ0) is 26.9. The highest BCUT2D eigenvalue weighted by Gasteiger charge is 2.49. The van der Waals surface area contributed by atoms with Gasteiger partial charge in [0.25, 0.3) is 5.91 Å². The molecule has 2 amide bonds. The Morgan fingerprint density at radius 2 is 1.53 bits per heavy atom. The fourth-order valence-corrected chi connectivity index (χ4v) is 7.25. The van der Waals surface area contributed by atoms with Crippen molar-refractivity contribution < 1.29 is 18.0 Å². The van der Waals surface area contributed by atoms with Gasteiger partial charge in [0.1, 0.15) is 6.04 Å². The average Bonchev–Trinajstić information content (AvgIpc) is 3.19. The van der Waals surface area contributed by atoms with Crippen molar-refractivity contribution in [2.75, 3.05) is 18.0 Å². The molecule has 0 spiro atoms. The molecular formula is C29H30ClN3O4S. The highest BCUT2D eigenvalue weighted by Crippen LogP contribution is 2.34. The van der Waals surface area contributed by atoms with E-state index in [4.69, 9.17) is 11.6 Å². The number of carbonyl (C=O) groups is 2. The molecule has 1 atom stereocenters. The molecule has 3 aromatic rings. The first-order valence-electron chi connectivity index (χ1n) is 12.7. The molecule has 3 aromatic carbocycles. The summed E-state index contributed by atoms with van der Waals surface area (Å²) in [7, 11) is -4.05. The van der Waals surface area contributed by atoms with Crippen molar-refractivity contribution in [2.24, 2.45) is 0 Å². The van der Waals surface area contributed by atoms with Gasteiger partial charge in [-0.05, 0) is 61.7 Å². The fourth-order valence-electron chi connectivity index (χ4n) is 5.30. The predicted molar refractivity (Wildman–Crippen MR) is 147 cm³/mol. The van der Waals surface area contributed by atoms with Gasteiger partial charge in [0.05, 0.1) is 17.0 Å². The fraction of sp³-hybridized carbons (Fsp3) is 0.310. The van der Waals surface area contributed by atoms with E-state index in [1.807, 2.05) is 25.1 Å². The Hall–Kier alpha value is -3.04. The zero-order valence-electron chi connectivity index (χ0n) is 21.2. The summed E-state index contributed by atoms with van der Waals surface area (Å²) in [5, 5.41) is 0.482. The zero-order valence-corrected chi connectivity index (χ0v) is 22.7. The van der Waals surface area contributed by atoms with Crippen LogP contribution in [0.15, 0.2) is 83.8 Å². The Bertz CT molecular complexity index is 1400. The van der Waals surface area contributed by atoms with Crippen molar-refractivity contribution in [3.63, 3.8) is 0 Å². The van der Waals surface area contributed by atoms with Crippen LogP contribution < -0.4 is 4.90 Å². The molecule has 38 heavy (non-hydrogen) atoms. The Kier molecular flexibility index (Phi) is 7.68. The highest BCUT2D eigenvalue weighted by atomic mass is 35.5. The maximum atomic E-state index is 14.1. The molecule has 2 saturated heterocycles. The lowest BCUT2D eigenvalue weighted by Crippen LogP contribution is -2.53. The molecule has 2 aliphatic heterocycles. The van der Waals surface area contributed by atoms with Gasteiger partial charge in [-0.3, -0.25) is 14.5 Å². The third-order valence-corrected chi connectivity index (χ3v) is 9.50. The van der Waals surface area contributed by atoms with Crippen LogP contribution in [-0.4, -0.2) is 54.6 Å². The average molecular weight is 552 g/mol. The smallest absolute Gasteiger partial charge is 0.252 e. The number of hydrogen-bond donors (Lipinski definition) is 0. The van der Waals surface area contributed by atoms with Gasteiger partial charge in [-0.25, -0.2) is 13.3 Å². The van der Waals surface area contributed by atoms with E-state index in [1.165, 1.54) is 9.87 Å². The molecule has 2 fully saturated rings. The van der Waals surface area contributed by atoms with Crippen LogP contribution in [0.5, 0.6) is 0 Å². The molecule has 0 saturated carbocycles. The van der Waals surface area contributed by atoms with E-state index in [1.54, 1.807) is 48.5 Å². The van der Waals surface area contributed by atoms with Gasteiger partial charge in [0.2, 0.25) is 15.9 Å². The largest absolute Gasteiger partial charge is 0.299 e. The van der Waals surface area contributed by atoms with Crippen LogP contribution in [0.1, 0.15) is 30.4 Å². The Balaban J connectivity index is 1.43. The molecule has 2 aliphatic rings. The maximum Gasteiger partial charge on any atom is 0.252 e. The second-order valence-electron chi connectivity index (χ2n) is 9.90. The first-order valence-corrected chi connectivity index (χ1v) is 14.5. The normalized spacial score (nSPS) is 19.4. The molecule has 0 aliphatic carbocycles. The molecule has 7 nitrogen and oxygen atoms in total. The summed E-state index contributed by atoms with van der Waals surface area (Å²) in [5.74, 6) is -0.951. The van der Waals surface area contributed by atoms with Gasteiger partial charge in [-0.1, -0.05) is 59.6 Å². The van der Waals surface area contributed by atoms with E-state index >= 15 is 0 Å². The molecule has 0 aromatic heterocycles. The molecule has 0 radical (unpaired) electrons. The van der Waals surface area contributed by atoms with E-state index in [-0.39, 0.29) is 11.3 Å². The monoisotopic (exact) mass is 551 g/mol. The van der Waals surface area contributed by atoms with Crippen molar-refractivity contribution >= 4 is 39.1 Å². The lowest BCUT2D eigenvalue weighted by Gasteiger charge is -2.39. The minimum atomic E-state index is -4.05. The van der Waals surface area contributed by atoms with E-state index in [0.29, 0.717) is 36.6 Å². The van der Waals surface area contributed by atoms with Crippen LogP contribution >= 0.6 is 11.6 Å². The molecule has 5 rings (SSSR count). The number of sulfonamides is 1. The number of aryl methyl sites for hydroxylation is 1. The number of halogens is 1. The number of nitrogens with zero attached hydrogens (tertiary/aromatic N) is 3. The Morgan fingerprint density at radius 1 is 0.895 bits per heavy atom. The summed E-state index contributed by atoms with van der Waals surface area (Å²) in [6.45, 7) is 4.05. The number of hydrogen-bond acceptors (Lipinski definition) is 5. The number of benzene rings is 3. The number of amides is 2. The summed E-state index contributed by atoms with van der Waals surface area (Å²) in [6, 6.07) is 21.7. The van der Waals surface area contributed by atoms with Crippen LogP contribution in [-0.2, 0) is 26.2 Å². The number of anilines is 1. The van der Waals surface area contributed by atoms with Crippen molar-refractivity contribution in [1.29, 1.82) is 0 Å². The van der Waals surface area contributed by atoms with Crippen LogP contribution in [0.3, 0.4) is 0 Å². The molecule has 0 N–H and O–H groups in total. The number of piperidine rings is 1. The summed E-state index contributed by atoms with van der Waals surface area (Å²) in [4.78, 5) is 30.3. The van der Waals surface area contributed by atoms with Gasteiger partial charge < -0.3 is 0 Å². The van der Waals surface area contributed by atoms with E-state index in [9.17, 15) is 18.0 Å². The van der Waals surface area contributed by atoms with Crippen LogP contribution in [0.4, 0.5) is 5.69 Å². The SMILES string of the molecule is Cc1ccc(S(=O)(=O)N(C2CCN(Cc3ccccc3)CC2)C2CC(=O)N(c3ccc(Cl)cc3)C2=O)cc1. The minimum absolute atomic E-state index is 0.125. The molecule has 0 bridgehead atoms. The van der Waals surface area contributed by atoms with Crippen molar-refractivity contribution in [2.45, 2.75) is 49.7 Å². The van der Waals surface area contributed by atoms with Crippen molar-refractivity contribution in [3.05, 3.63) is 95.0 Å². The number of imide groups is 1. The van der Waals surface area contributed by atoms with E-state index in [0.717, 1.165) is 17.0 Å². The second kappa shape index (κ2) is 11.0.